The minimum absolute atomic E-state index is 0.325. The summed E-state index contributed by atoms with van der Waals surface area (Å²) in [6.07, 6.45) is 2.17. The molecule has 0 spiro atoms. The number of para-hydroxylation sites is 1. The first-order chi connectivity index (χ1) is 9.36. The second-order valence-corrected chi connectivity index (χ2v) is 5.34. The fourth-order valence-corrected chi connectivity index (χ4v) is 2.83. The van der Waals surface area contributed by atoms with Crippen LogP contribution < -0.4 is 9.47 Å². The van der Waals surface area contributed by atoms with Gasteiger partial charge in [-0.25, -0.2) is 0 Å². The monoisotopic (exact) mass is 263 g/mol. The number of hydrogen-bond donors (Lipinski definition) is 1. The number of rotatable bonds is 3. The number of aliphatic hydroxyl groups is 1. The third-order valence-corrected chi connectivity index (χ3v) is 4.01. The lowest BCUT2D eigenvalue weighted by molar-refractivity contribution is 0.124. The lowest BCUT2D eigenvalue weighted by atomic mass is 9.97. The van der Waals surface area contributed by atoms with Gasteiger partial charge in [-0.1, -0.05) is 12.1 Å². The summed E-state index contributed by atoms with van der Waals surface area (Å²) in [7, 11) is 0. The van der Waals surface area contributed by atoms with Gasteiger partial charge in [0.15, 0.2) is 11.5 Å². The molecule has 2 aliphatic rings. The molecule has 1 saturated heterocycles. The van der Waals surface area contributed by atoms with Crippen LogP contribution in [0.5, 0.6) is 11.5 Å². The van der Waals surface area contributed by atoms with E-state index in [0.29, 0.717) is 25.7 Å². The van der Waals surface area contributed by atoms with Gasteiger partial charge in [0.25, 0.3) is 0 Å². The molecular formula is C15H21NO3. The number of likely N-dealkylation sites (tertiary alicyclic amines) is 1. The average molecular weight is 263 g/mol. The maximum atomic E-state index is 9.17. The molecule has 1 N–H and O–H groups in total. The third kappa shape index (κ3) is 2.85. The number of aliphatic hydroxyl groups excluding tert-OH is 1. The Morgan fingerprint density at radius 2 is 1.95 bits per heavy atom. The molecule has 19 heavy (non-hydrogen) atoms. The highest BCUT2D eigenvalue weighted by atomic mass is 16.6. The van der Waals surface area contributed by atoms with E-state index in [1.54, 1.807) is 0 Å². The van der Waals surface area contributed by atoms with Crippen molar-refractivity contribution >= 4 is 0 Å². The van der Waals surface area contributed by atoms with Crippen LogP contribution in [0.2, 0.25) is 0 Å². The zero-order valence-electron chi connectivity index (χ0n) is 11.2. The standard InChI is InChI=1S/C15H21NO3/c17-11-12-4-6-16(7-5-12)10-13-2-1-3-14-15(13)19-9-8-18-14/h1-3,12,17H,4-11H2. The summed E-state index contributed by atoms with van der Waals surface area (Å²) < 4.78 is 11.4. The minimum atomic E-state index is 0.325. The maximum absolute atomic E-state index is 9.17. The van der Waals surface area contributed by atoms with Crippen molar-refractivity contribution in [1.29, 1.82) is 0 Å². The Labute approximate surface area is 113 Å². The Morgan fingerprint density at radius 3 is 2.74 bits per heavy atom. The van der Waals surface area contributed by atoms with Crippen LogP contribution in [0.15, 0.2) is 18.2 Å². The van der Waals surface area contributed by atoms with Crippen molar-refractivity contribution in [2.45, 2.75) is 19.4 Å². The van der Waals surface area contributed by atoms with E-state index < -0.39 is 0 Å². The Morgan fingerprint density at radius 1 is 1.16 bits per heavy atom. The number of hydrogen-bond acceptors (Lipinski definition) is 4. The van der Waals surface area contributed by atoms with Crippen molar-refractivity contribution in [2.75, 3.05) is 32.9 Å². The highest BCUT2D eigenvalue weighted by Crippen LogP contribution is 2.34. The van der Waals surface area contributed by atoms with Crippen LogP contribution in [-0.2, 0) is 6.54 Å². The summed E-state index contributed by atoms with van der Waals surface area (Å²) in [5, 5.41) is 9.17. The van der Waals surface area contributed by atoms with E-state index in [1.807, 2.05) is 12.1 Å². The molecule has 104 valence electrons. The number of fused-ring (bicyclic) bond motifs is 1. The van der Waals surface area contributed by atoms with Gasteiger partial charge in [-0.3, -0.25) is 4.90 Å². The molecular weight excluding hydrogens is 242 g/mol. The lowest BCUT2D eigenvalue weighted by Gasteiger charge is -2.32. The summed E-state index contributed by atoms with van der Waals surface area (Å²) in [5.74, 6) is 2.27. The zero-order chi connectivity index (χ0) is 13.1. The third-order valence-electron chi connectivity index (χ3n) is 4.01. The predicted octanol–water partition coefficient (Wildman–Crippen LogP) is 1.66. The number of piperidine rings is 1. The highest BCUT2D eigenvalue weighted by Gasteiger charge is 2.21. The van der Waals surface area contributed by atoms with Crippen molar-refractivity contribution in [1.82, 2.24) is 4.90 Å². The van der Waals surface area contributed by atoms with Gasteiger partial charge in [0.1, 0.15) is 13.2 Å². The molecule has 1 aromatic rings. The Hall–Kier alpha value is -1.26. The van der Waals surface area contributed by atoms with E-state index in [-0.39, 0.29) is 0 Å². The Balaban J connectivity index is 1.67. The molecule has 4 heteroatoms. The van der Waals surface area contributed by atoms with Crippen LogP contribution in [0, 0.1) is 5.92 Å². The van der Waals surface area contributed by atoms with Gasteiger partial charge in [0, 0.05) is 18.7 Å². The molecule has 1 aromatic carbocycles. The molecule has 4 nitrogen and oxygen atoms in total. The summed E-state index contributed by atoms with van der Waals surface area (Å²) in [4.78, 5) is 2.43. The number of ether oxygens (including phenoxy) is 2. The average Bonchev–Trinajstić information content (AvgIpc) is 2.48. The van der Waals surface area contributed by atoms with Crippen LogP contribution in [0.3, 0.4) is 0 Å². The second-order valence-electron chi connectivity index (χ2n) is 5.34. The van der Waals surface area contributed by atoms with Gasteiger partial charge in [0.05, 0.1) is 0 Å². The summed E-state index contributed by atoms with van der Waals surface area (Å²) >= 11 is 0. The topological polar surface area (TPSA) is 41.9 Å². The summed E-state index contributed by atoms with van der Waals surface area (Å²) in [6.45, 7) is 4.61. The maximum Gasteiger partial charge on any atom is 0.165 e. The fraction of sp³-hybridized carbons (Fsp3) is 0.600. The van der Waals surface area contributed by atoms with E-state index >= 15 is 0 Å². The molecule has 0 radical (unpaired) electrons. The van der Waals surface area contributed by atoms with Gasteiger partial charge in [-0.2, -0.15) is 0 Å². The van der Waals surface area contributed by atoms with E-state index in [0.717, 1.165) is 44.0 Å². The van der Waals surface area contributed by atoms with E-state index in [4.69, 9.17) is 9.47 Å². The van der Waals surface area contributed by atoms with E-state index in [9.17, 15) is 5.11 Å². The first kappa shape index (κ1) is 12.8. The van der Waals surface area contributed by atoms with Crippen LogP contribution >= 0.6 is 0 Å². The predicted molar refractivity (Wildman–Crippen MR) is 72.5 cm³/mol. The van der Waals surface area contributed by atoms with Gasteiger partial charge in [-0.15, -0.1) is 0 Å². The van der Waals surface area contributed by atoms with E-state index in [1.165, 1.54) is 5.56 Å². The van der Waals surface area contributed by atoms with Crippen LogP contribution in [0.4, 0.5) is 0 Å². The number of nitrogens with zero attached hydrogens (tertiary/aromatic N) is 1. The minimum Gasteiger partial charge on any atom is -0.486 e. The molecule has 3 rings (SSSR count). The Bertz CT molecular complexity index is 427. The lowest BCUT2D eigenvalue weighted by Crippen LogP contribution is -2.34. The first-order valence-corrected chi connectivity index (χ1v) is 7.07. The van der Waals surface area contributed by atoms with Crippen molar-refractivity contribution in [3.63, 3.8) is 0 Å². The van der Waals surface area contributed by atoms with Gasteiger partial charge in [-0.05, 0) is 37.9 Å². The fourth-order valence-electron chi connectivity index (χ4n) is 2.83. The van der Waals surface area contributed by atoms with Gasteiger partial charge in [0.2, 0.25) is 0 Å². The summed E-state index contributed by atoms with van der Waals surface area (Å²) in [5.41, 5.74) is 1.21. The van der Waals surface area contributed by atoms with Crippen molar-refractivity contribution in [2.24, 2.45) is 5.92 Å². The van der Waals surface area contributed by atoms with Crippen molar-refractivity contribution < 1.29 is 14.6 Å². The van der Waals surface area contributed by atoms with Crippen LogP contribution in [0.1, 0.15) is 18.4 Å². The molecule has 0 saturated carbocycles. The molecule has 2 heterocycles. The largest absolute Gasteiger partial charge is 0.486 e. The van der Waals surface area contributed by atoms with Crippen LogP contribution in [-0.4, -0.2) is 42.9 Å². The molecule has 0 aromatic heterocycles. The SMILES string of the molecule is OCC1CCN(Cc2cccc3c2OCCO3)CC1. The van der Waals surface area contributed by atoms with Gasteiger partial charge < -0.3 is 14.6 Å². The molecule has 0 aliphatic carbocycles. The Kier molecular flexibility index (Phi) is 3.89. The molecule has 0 unspecified atom stereocenters. The quantitative estimate of drug-likeness (QED) is 0.900. The molecule has 0 atom stereocenters. The van der Waals surface area contributed by atoms with E-state index in [2.05, 4.69) is 11.0 Å². The van der Waals surface area contributed by atoms with Gasteiger partial charge >= 0.3 is 0 Å². The van der Waals surface area contributed by atoms with Crippen molar-refractivity contribution in [3.8, 4) is 11.5 Å². The first-order valence-electron chi connectivity index (χ1n) is 7.07. The summed E-state index contributed by atoms with van der Waals surface area (Å²) in [6, 6.07) is 6.12. The smallest absolute Gasteiger partial charge is 0.165 e. The molecule has 2 aliphatic heterocycles. The second kappa shape index (κ2) is 5.80. The van der Waals surface area contributed by atoms with Crippen LogP contribution in [0.25, 0.3) is 0 Å². The molecule has 1 fully saturated rings. The molecule has 0 bridgehead atoms. The zero-order valence-corrected chi connectivity index (χ0v) is 11.2. The van der Waals surface area contributed by atoms with Crippen molar-refractivity contribution in [3.05, 3.63) is 23.8 Å². The normalized spacial score (nSPS) is 20.5. The highest BCUT2D eigenvalue weighted by molar-refractivity contribution is 5.47. The molecule has 0 amide bonds. The number of benzene rings is 1.